The van der Waals surface area contributed by atoms with E-state index in [-0.39, 0.29) is 35.7 Å². The number of nitrogens with one attached hydrogen (secondary N) is 1. The number of rotatable bonds is 11. The van der Waals surface area contributed by atoms with Crippen LogP contribution in [0.3, 0.4) is 0 Å². The number of aliphatic carboxylic acids is 1. The smallest absolute Gasteiger partial charge is 0.326 e. The summed E-state index contributed by atoms with van der Waals surface area (Å²) >= 11 is 6.19. The van der Waals surface area contributed by atoms with Gasteiger partial charge >= 0.3 is 5.97 Å². The Morgan fingerprint density at radius 2 is 1.89 bits per heavy atom. The van der Waals surface area contributed by atoms with Crippen LogP contribution >= 0.6 is 11.6 Å². The molecule has 0 aliphatic carbocycles. The second-order valence-electron chi connectivity index (χ2n) is 7.62. The molecule has 1 atom stereocenters. The standard InChI is InChI=1S/C25H24ClF2N3O4/c1-2-23(25(33)34)31(15-16-3-4-19(27)14-22(16)28)24(32)17-11-18(26)13-21(12-17)35-10-9-30-20-5-7-29-8-6-20/h3-8,11-14,23H,2,9-10,15H2,1H3,(H,29,30)(H,33,34). The van der Waals surface area contributed by atoms with Gasteiger partial charge in [-0.2, -0.15) is 0 Å². The van der Waals surface area contributed by atoms with Gasteiger partial charge < -0.3 is 20.1 Å². The highest BCUT2D eigenvalue weighted by atomic mass is 35.5. The first kappa shape index (κ1) is 25.9. The Morgan fingerprint density at radius 3 is 2.54 bits per heavy atom. The van der Waals surface area contributed by atoms with Gasteiger partial charge in [-0.15, -0.1) is 0 Å². The minimum Gasteiger partial charge on any atom is -0.492 e. The third-order valence-electron chi connectivity index (χ3n) is 5.16. The maximum Gasteiger partial charge on any atom is 0.326 e. The summed E-state index contributed by atoms with van der Waals surface area (Å²) in [5.74, 6) is -3.26. The summed E-state index contributed by atoms with van der Waals surface area (Å²) in [6, 6.07) is 9.66. The molecule has 1 heterocycles. The molecule has 1 unspecified atom stereocenters. The lowest BCUT2D eigenvalue weighted by Gasteiger charge is -2.29. The Balaban J connectivity index is 1.79. The topological polar surface area (TPSA) is 91.8 Å². The van der Waals surface area contributed by atoms with Gasteiger partial charge in [-0.25, -0.2) is 13.6 Å². The molecule has 1 aromatic heterocycles. The van der Waals surface area contributed by atoms with Crippen LogP contribution in [0, 0.1) is 11.6 Å². The number of amides is 1. The zero-order chi connectivity index (χ0) is 25.4. The zero-order valence-corrected chi connectivity index (χ0v) is 19.6. The lowest BCUT2D eigenvalue weighted by Crippen LogP contribution is -2.44. The number of anilines is 1. The molecule has 3 rings (SSSR count). The molecular formula is C25H24ClF2N3O4. The van der Waals surface area contributed by atoms with Gasteiger partial charge in [0.2, 0.25) is 0 Å². The van der Waals surface area contributed by atoms with Crippen LogP contribution in [0.25, 0.3) is 0 Å². The van der Waals surface area contributed by atoms with Gasteiger partial charge in [0.05, 0.1) is 0 Å². The molecule has 2 aromatic carbocycles. The van der Waals surface area contributed by atoms with Crippen LogP contribution in [-0.4, -0.2) is 46.1 Å². The van der Waals surface area contributed by atoms with Crippen molar-refractivity contribution in [1.29, 1.82) is 0 Å². The fraction of sp³-hybridized carbons (Fsp3) is 0.240. The number of halogens is 3. The molecule has 7 nitrogen and oxygen atoms in total. The molecule has 0 saturated carbocycles. The largest absolute Gasteiger partial charge is 0.492 e. The van der Waals surface area contributed by atoms with E-state index >= 15 is 0 Å². The first-order chi connectivity index (χ1) is 16.8. The zero-order valence-electron chi connectivity index (χ0n) is 18.9. The van der Waals surface area contributed by atoms with E-state index in [1.807, 2.05) is 0 Å². The Labute approximate surface area is 206 Å². The summed E-state index contributed by atoms with van der Waals surface area (Å²) in [4.78, 5) is 30.2. The Morgan fingerprint density at radius 1 is 1.14 bits per heavy atom. The molecule has 0 bridgehead atoms. The monoisotopic (exact) mass is 503 g/mol. The van der Waals surface area contributed by atoms with Crippen molar-refractivity contribution in [2.24, 2.45) is 0 Å². The molecular weight excluding hydrogens is 480 g/mol. The highest BCUT2D eigenvalue weighted by molar-refractivity contribution is 6.31. The van der Waals surface area contributed by atoms with Crippen LogP contribution in [0.2, 0.25) is 5.02 Å². The summed E-state index contributed by atoms with van der Waals surface area (Å²) < 4.78 is 33.3. The molecule has 184 valence electrons. The number of pyridine rings is 1. The minimum atomic E-state index is -1.25. The highest BCUT2D eigenvalue weighted by Gasteiger charge is 2.30. The molecule has 35 heavy (non-hydrogen) atoms. The van der Waals surface area contributed by atoms with Crippen LogP contribution < -0.4 is 10.1 Å². The van der Waals surface area contributed by atoms with Crippen molar-refractivity contribution in [1.82, 2.24) is 9.88 Å². The second-order valence-corrected chi connectivity index (χ2v) is 8.05. The summed E-state index contributed by atoms with van der Waals surface area (Å²) in [7, 11) is 0. The van der Waals surface area contributed by atoms with Crippen LogP contribution in [0.1, 0.15) is 29.3 Å². The molecule has 0 spiro atoms. The lowest BCUT2D eigenvalue weighted by molar-refractivity contribution is -0.142. The van der Waals surface area contributed by atoms with Crippen molar-refractivity contribution in [3.8, 4) is 5.75 Å². The molecule has 0 aliphatic heterocycles. The normalized spacial score (nSPS) is 11.5. The van der Waals surface area contributed by atoms with E-state index in [4.69, 9.17) is 16.3 Å². The Bertz CT molecular complexity index is 1180. The van der Waals surface area contributed by atoms with Crippen molar-refractivity contribution in [3.63, 3.8) is 0 Å². The molecule has 10 heteroatoms. The fourth-order valence-electron chi connectivity index (χ4n) is 3.45. The predicted octanol–water partition coefficient (Wildman–Crippen LogP) is 5.01. The summed E-state index contributed by atoms with van der Waals surface area (Å²) in [5.41, 5.74) is 0.936. The van der Waals surface area contributed by atoms with E-state index in [1.54, 1.807) is 31.5 Å². The number of carboxylic acid groups (broad SMARTS) is 1. The van der Waals surface area contributed by atoms with Crippen molar-refractivity contribution >= 4 is 29.2 Å². The number of hydrogen-bond acceptors (Lipinski definition) is 5. The average Bonchev–Trinajstić information content (AvgIpc) is 2.83. The minimum absolute atomic E-state index is 0.0138. The van der Waals surface area contributed by atoms with E-state index < -0.39 is 29.6 Å². The molecule has 1 amide bonds. The second kappa shape index (κ2) is 12.1. The summed E-state index contributed by atoms with van der Waals surface area (Å²) in [6.07, 6.45) is 3.39. The van der Waals surface area contributed by atoms with Gasteiger partial charge in [0.1, 0.15) is 30.0 Å². The maximum atomic E-state index is 14.3. The molecule has 0 aliphatic rings. The Hall–Kier alpha value is -3.72. The first-order valence-corrected chi connectivity index (χ1v) is 11.2. The number of ether oxygens (including phenoxy) is 1. The van der Waals surface area contributed by atoms with Gasteiger partial charge in [-0.1, -0.05) is 24.6 Å². The molecule has 3 aromatic rings. The van der Waals surface area contributed by atoms with E-state index in [2.05, 4.69) is 10.3 Å². The van der Waals surface area contributed by atoms with Crippen LogP contribution in [0.4, 0.5) is 14.5 Å². The van der Waals surface area contributed by atoms with Crippen LogP contribution in [0.15, 0.2) is 60.9 Å². The van der Waals surface area contributed by atoms with Gasteiger partial charge in [0.15, 0.2) is 0 Å². The number of hydrogen-bond donors (Lipinski definition) is 2. The van der Waals surface area contributed by atoms with Crippen molar-refractivity contribution in [3.05, 3.63) is 88.7 Å². The Kier molecular flexibility index (Phi) is 8.97. The van der Waals surface area contributed by atoms with Crippen LogP contribution in [0.5, 0.6) is 5.75 Å². The number of benzene rings is 2. The molecule has 0 saturated heterocycles. The molecule has 0 radical (unpaired) electrons. The number of carbonyl (C=O) groups is 2. The van der Waals surface area contributed by atoms with Gasteiger partial charge in [0, 0.05) is 53.4 Å². The van der Waals surface area contributed by atoms with Gasteiger partial charge in [-0.3, -0.25) is 9.78 Å². The molecule has 0 fully saturated rings. The summed E-state index contributed by atoms with van der Waals surface area (Å²) in [5, 5.41) is 13.0. The van der Waals surface area contributed by atoms with Crippen molar-refractivity contribution in [2.45, 2.75) is 25.9 Å². The van der Waals surface area contributed by atoms with E-state index in [0.717, 1.165) is 16.7 Å². The summed E-state index contributed by atoms with van der Waals surface area (Å²) in [6.45, 7) is 1.96. The average molecular weight is 504 g/mol. The lowest BCUT2D eigenvalue weighted by atomic mass is 10.1. The molecule has 2 N–H and O–H groups in total. The maximum absolute atomic E-state index is 14.3. The van der Waals surface area contributed by atoms with Gasteiger partial charge in [0.25, 0.3) is 5.91 Å². The van der Waals surface area contributed by atoms with E-state index in [9.17, 15) is 23.5 Å². The quantitative estimate of drug-likeness (QED) is 0.357. The SMILES string of the molecule is CCC(C(=O)O)N(Cc1ccc(F)cc1F)C(=O)c1cc(Cl)cc(OCCNc2ccncc2)c1. The third kappa shape index (κ3) is 7.13. The first-order valence-electron chi connectivity index (χ1n) is 10.8. The number of carbonyl (C=O) groups excluding carboxylic acids is 1. The fourth-order valence-corrected chi connectivity index (χ4v) is 3.68. The highest BCUT2D eigenvalue weighted by Crippen LogP contribution is 2.25. The van der Waals surface area contributed by atoms with Crippen molar-refractivity contribution < 1.29 is 28.2 Å². The third-order valence-corrected chi connectivity index (χ3v) is 5.38. The van der Waals surface area contributed by atoms with Gasteiger partial charge in [-0.05, 0) is 42.8 Å². The van der Waals surface area contributed by atoms with Crippen LogP contribution in [-0.2, 0) is 11.3 Å². The van der Waals surface area contributed by atoms with E-state index in [1.165, 1.54) is 24.3 Å². The predicted molar refractivity (Wildman–Crippen MR) is 128 cm³/mol. The number of nitrogens with zero attached hydrogens (tertiary/aromatic N) is 2. The number of carboxylic acids is 1. The van der Waals surface area contributed by atoms with E-state index in [0.29, 0.717) is 18.4 Å². The number of aromatic nitrogens is 1. The van der Waals surface area contributed by atoms with Crippen molar-refractivity contribution in [2.75, 3.05) is 18.5 Å².